The minimum absolute atomic E-state index is 0.241. The van der Waals surface area contributed by atoms with Crippen molar-refractivity contribution in [2.75, 3.05) is 11.1 Å². The maximum Gasteiger partial charge on any atom is 0.323 e. The molecule has 0 unspecified atom stereocenters. The van der Waals surface area contributed by atoms with E-state index < -0.39 is 5.91 Å². The maximum atomic E-state index is 12.3. The minimum atomic E-state index is -0.629. The van der Waals surface area contributed by atoms with E-state index in [1.165, 1.54) is 6.92 Å². The van der Waals surface area contributed by atoms with Crippen molar-refractivity contribution in [3.05, 3.63) is 64.4 Å². The van der Waals surface area contributed by atoms with Crippen LogP contribution in [0.5, 0.6) is 0 Å². The van der Waals surface area contributed by atoms with Crippen molar-refractivity contribution in [1.82, 2.24) is 9.97 Å². The van der Waals surface area contributed by atoms with Gasteiger partial charge >= 0.3 is 5.69 Å². The summed E-state index contributed by atoms with van der Waals surface area (Å²) < 4.78 is 0. The average Bonchev–Trinajstić information content (AvgIpc) is 2.94. The van der Waals surface area contributed by atoms with Gasteiger partial charge in [-0.3, -0.25) is 4.79 Å². The number of nitrogens with zero attached hydrogens (tertiary/aromatic N) is 2. The van der Waals surface area contributed by atoms with Crippen LogP contribution in [0.3, 0.4) is 0 Å². The highest BCUT2D eigenvalue weighted by atomic mass is 16.3. The van der Waals surface area contributed by atoms with Gasteiger partial charge in [-0.1, -0.05) is 6.07 Å². The lowest BCUT2D eigenvalue weighted by Gasteiger charge is -2.06. The lowest BCUT2D eigenvalue weighted by atomic mass is 10.2. The number of nitrogen functional groups attached to an aromatic ring is 1. The summed E-state index contributed by atoms with van der Waals surface area (Å²) in [7, 11) is 0. The quantitative estimate of drug-likeness (QED) is 0.212. The number of anilines is 2. The van der Waals surface area contributed by atoms with Gasteiger partial charge in [-0.15, -0.1) is 5.11 Å². The summed E-state index contributed by atoms with van der Waals surface area (Å²) in [6.45, 7) is 1.33. The molecule has 9 nitrogen and oxygen atoms in total. The highest BCUT2D eigenvalue weighted by molar-refractivity contribution is 6.03. The number of carbonyl (C=O) groups excluding carboxylic acids is 1. The van der Waals surface area contributed by atoms with E-state index in [1.807, 2.05) is 0 Å². The molecule has 0 aliphatic heterocycles. The third-order valence-electron chi connectivity index (χ3n) is 3.47. The van der Waals surface area contributed by atoms with E-state index in [9.17, 15) is 14.7 Å². The van der Waals surface area contributed by atoms with Gasteiger partial charge in [-0.2, -0.15) is 5.11 Å². The lowest BCUT2D eigenvalue weighted by molar-refractivity contribution is -0.113. The molecule has 0 bridgehead atoms. The molecule has 0 aliphatic rings. The Balaban J connectivity index is 1.83. The standard InChI is InChI=1S/C17H16N6O3/c1-9(24)15(16(25)19-11-4-2-3-10(18)7-11)23-22-12-5-6-13-14(8-12)21-17(26)20-13/h2-8,24H,18H2,1H3,(H,19,25)(H2,20,21,26)/b15-9-,23-22?. The molecule has 26 heavy (non-hydrogen) atoms. The second-order valence-electron chi connectivity index (χ2n) is 5.52. The first-order valence-electron chi connectivity index (χ1n) is 7.63. The summed E-state index contributed by atoms with van der Waals surface area (Å²) >= 11 is 0. The molecule has 0 saturated carbocycles. The van der Waals surface area contributed by atoms with Crippen LogP contribution in [0.25, 0.3) is 11.0 Å². The summed E-state index contributed by atoms with van der Waals surface area (Å²) in [5.74, 6) is -0.915. The molecule has 0 fully saturated rings. The number of hydrogen-bond donors (Lipinski definition) is 5. The van der Waals surface area contributed by atoms with Gasteiger partial charge in [0.25, 0.3) is 5.91 Å². The van der Waals surface area contributed by atoms with Crippen LogP contribution in [-0.2, 0) is 4.79 Å². The largest absolute Gasteiger partial charge is 0.510 e. The molecule has 0 atom stereocenters. The number of aromatic amines is 2. The van der Waals surface area contributed by atoms with E-state index in [4.69, 9.17) is 5.73 Å². The molecular weight excluding hydrogens is 336 g/mol. The molecule has 0 aliphatic carbocycles. The Morgan fingerprint density at radius 1 is 1.15 bits per heavy atom. The van der Waals surface area contributed by atoms with Crippen molar-refractivity contribution in [2.45, 2.75) is 6.92 Å². The SMILES string of the molecule is C/C(O)=C(/N=Nc1ccc2[nH]c(=O)[nH]c2c1)C(=O)Nc1cccc(N)c1. The number of azo groups is 1. The number of aliphatic hydroxyl groups is 1. The first-order valence-corrected chi connectivity index (χ1v) is 7.63. The third kappa shape index (κ3) is 3.78. The number of fused-ring (bicyclic) bond motifs is 1. The number of nitrogens with one attached hydrogen (secondary N) is 3. The number of H-pyrrole nitrogens is 2. The van der Waals surface area contributed by atoms with Crippen LogP contribution >= 0.6 is 0 Å². The molecule has 0 radical (unpaired) electrons. The van der Waals surface area contributed by atoms with Gasteiger partial charge in [-0.05, 0) is 43.3 Å². The van der Waals surface area contributed by atoms with Gasteiger partial charge in [-0.25, -0.2) is 4.79 Å². The molecule has 0 spiro atoms. The van der Waals surface area contributed by atoms with Gasteiger partial charge < -0.3 is 26.1 Å². The zero-order chi connectivity index (χ0) is 18.7. The molecule has 132 valence electrons. The first kappa shape index (κ1) is 17.0. The Morgan fingerprint density at radius 2 is 1.92 bits per heavy atom. The predicted molar refractivity (Wildman–Crippen MR) is 98.2 cm³/mol. The molecule has 9 heteroatoms. The number of benzene rings is 2. The normalized spacial score (nSPS) is 12.3. The van der Waals surface area contributed by atoms with Crippen molar-refractivity contribution in [2.24, 2.45) is 10.2 Å². The Morgan fingerprint density at radius 3 is 2.65 bits per heavy atom. The zero-order valence-corrected chi connectivity index (χ0v) is 13.8. The summed E-state index contributed by atoms with van der Waals surface area (Å²) in [5.41, 5.74) is 7.65. The van der Waals surface area contributed by atoms with E-state index in [-0.39, 0.29) is 17.1 Å². The number of carbonyl (C=O) groups is 1. The molecule has 1 amide bonds. The number of aromatic nitrogens is 2. The van der Waals surface area contributed by atoms with Crippen molar-refractivity contribution in [3.63, 3.8) is 0 Å². The molecule has 3 aromatic rings. The van der Waals surface area contributed by atoms with Crippen LogP contribution in [-0.4, -0.2) is 21.0 Å². The van der Waals surface area contributed by atoms with E-state index in [2.05, 4.69) is 25.5 Å². The van der Waals surface area contributed by atoms with Crippen LogP contribution in [0.1, 0.15) is 6.92 Å². The molecular formula is C17H16N6O3. The Labute approximate surface area is 147 Å². The van der Waals surface area contributed by atoms with Crippen LogP contribution in [0, 0.1) is 0 Å². The van der Waals surface area contributed by atoms with Crippen molar-refractivity contribution in [1.29, 1.82) is 0 Å². The summed E-state index contributed by atoms with van der Waals surface area (Å²) in [5, 5.41) is 20.1. The van der Waals surface area contributed by atoms with Gasteiger partial charge in [0.2, 0.25) is 0 Å². The van der Waals surface area contributed by atoms with Gasteiger partial charge in [0.1, 0.15) is 5.76 Å². The monoisotopic (exact) mass is 352 g/mol. The fourth-order valence-electron chi connectivity index (χ4n) is 2.28. The van der Waals surface area contributed by atoms with Crippen LogP contribution in [0.2, 0.25) is 0 Å². The van der Waals surface area contributed by atoms with Gasteiger partial charge in [0, 0.05) is 11.4 Å². The number of allylic oxidation sites excluding steroid dienone is 1. The number of hydrogen-bond acceptors (Lipinski definition) is 6. The Hall–Kier alpha value is -3.88. The number of aliphatic hydroxyl groups excluding tert-OH is 1. The molecule has 3 rings (SSSR count). The third-order valence-corrected chi connectivity index (χ3v) is 3.47. The van der Waals surface area contributed by atoms with Gasteiger partial charge in [0.05, 0.1) is 16.7 Å². The Kier molecular flexibility index (Phi) is 4.52. The molecule has 6 N–H and O–H groups in total. The van der Waals surface area contributed by atoms with Crippen LogP contribution in [0.15, 0.2) is 68.9 Å². The smallest absolute Gasteiger partial charge is 0.323 e. The summed E-state index contributed by atoms with van der Waals surface area (Å²) in [6.07, 6.45) is 0. The highest BCUT2D eigenvalue weighted by Crippen LogP contribution is 2.20. The molecule has 1 heterocycles. The molecule has 1 aromatic heterocycles. The fourth-order valence-corrected chi connectivity index (χ4v) is 2.28. The van der Waals surface area contributed by atoms with E-state index in [0.29, 0.717) is 28.1 Å². The van der Waals surface area contributed by atoms with Crippen molar-refractivity contribution >= 4 is 34.0 Å². The lowest BCUT2D eigenvalue weighted by Crippen LogP contribution is -2.14. The number of amides is 1. The maximum absolute atomic E-state index is 12.3. The van der Waals surface area contributed by atoms with Gasteiger partial charge in [0.15, 0.2) is 5.70 Å². The average molecular weight is 352 g/mol. The number of rotatable bonds is 4. The van der Waals surface area contributed by atoms with E-state index >= 15 is 0 Å². The summed E-state index contributed by atoms with van der Waals surface area (Å²) in [6, 6.07) is 11.5. The number of nitrogens with two attached hydrogens (primary N) is 1. The molecule has 2 aromatic carbocycles. The molecule has 0 saturated heterocycles. The van der Waals surface area contributed by atoms with E-state index in [0.717, 1.165) is 0 Å². The van der Waals surface area contributed by atoms with Crippen molar-refractivity contribution in [3.8, 4) is 0 Å². The minimum Gasteiger partial charge on any atom is -0.510 e. The number of imidazole rings is 1. The topological polar surface area (TPSA) is 149 Å². The highest BCUT2D eigenvalue weighted by Gasteiger charge is 2.13. The fraction of sp³-hybridized carbons (Fsp3) is 0.0588. The first-order chi connectivity index (χ1) is 12.4. The Bertz CT molecular complexity index is 1090. The van der Waals surface area contributed by atoms with Crippen molar-refractivity contribution < 1.29 is 9.90 Å². The second kappa shape index (κ2) is 6.93. The predicted octanol–water partition coefficient (Wildman–Crippen LogP) is 2.95. The van der Waals surface area contributed by atoms with E-state index in [1.54, 1.807) is 42.5 Å². The zero-order valence-electron chi connectivity index (χ0n) is 13.8. The summed E-state index contributed by atoms with van der Waals surface area (Å²) in [4.78, 5) is 28.8. The second-order valence-corrected chi connectivity index (χ2v) is 5.52. The van der Waals surface area contributed by atoms with Crippen LogP contribution in [0.4, 0.5) is 17.1 Å². The van der Waals surface area contributed by atoms with Crippen LogP contribution < -0.4 is 16.7 Å².